The second-order valence-electron chi connectivity index (χ2n) is 6.56. The average Bonchev–Trinajstić information content (AvgIpc) is 2.67. The number of ether oxygens (including phenoxy) is 2. The Balaban J connectivity index is 1.88. The van der Waals surface area contributed by atoms with E-state index in [1.165, 1.54) is 13.0 Å². The van der Waals surface area contributed by atoms with Crippen LogP contribution in [-0.2, 0) is 6.61 Å². The molecular weight excluding hydrogens is 356 g/mol. The van der Waals surface area contributed by atoms with Crippen molar-refractivity contribution in [3.05, 3.63) is 81.5 Å². The number of nitrogens with zero attached hydrogens (tertiary/aromatic N) is 2. The van der Waals surface area contributed by atoms with Crippen LogP contribution in [0.25, 0.3) is 5.69 Å². The molecule has 0 radical (unpaired) electrons. The van der Waals surface area contributed by atoms with Crippen molar-refractivity contribution in [1.82, 2.24) is 9.55 Å². The van der Waals surface area contributed by atoms with Crippen molar-refractivity contribution in [2.75, 3.05) is 7.11 Å². The maximum atomic E-state index is 12.8. The summed E-state index contributed by atoms with van der Waals surface area (Å²) in [4.78, 5) is 28.5. The van der Waals surface area contributed by atoms with Crippen LogP contribution >= 0.6 is 0 Å². The summed E-state index contributed by atoms with van der Waals surface area (Å²) in [6.45, 7) is 5.48. The molecule has 0 saturated carbocycles. The molecule has 0 spiro atoms. The van der Waals surface area contributed by atoms with Crippen LogP contribution in [0.15, 0.2) is 53.5 Å². The van der Waals surface area contributed by atoms with E-state index in [9.17, 15) is 9.59 Å². The minimum Gasteiger partial charge on any atom is -0.497 e. The largest absolute Gasteiger partial charge is 0.497 e. The van der Waals surface area contributed by atoms with Crippen LogP contribution < -0.4 is 15.0 Å². The number of ketones is 1. The summed E-state index contributed by atoms with van der Waals surface area (Å²) in [7, 11) is 1.62. The van der Waals surface area contributed by atoms with E-state index < -0.39 is 0 Å². The quantitative estimate of drug-likeness (QED) is 0.613. The van der Waals surface area contributed by atoms with Gasteiger partial charge in [0.05, 0.1) is 12.8 Å². The van der Waals surface area contributed by atoms with Gasteiger partial charge in [0.25, 0.3) is 5.56 Å². The Kier molecular flexibility index (Phi) is 5.59. The lowest BCUT2D eigenvalue weighted by Gasteiger charge is -2.15. The van der Waals surface area contributed by atoms with E-state index in [1.54, 1.807) is 30.0 Å². The Labute approximate surface area is 163 Å². The number of pyridine rings is 2. The summed E-state index contributed by atoms with van der Waals surface area (Å²) in [5.74, 6) is 1.12. The SMILES string of the molecule is COc1ccc(COc2cc(C)n(-c3cc(C(C)=O)ncc3C)c(=O)c2)cc1. The van der Waals surface area contributed by atoms with Crippen molar-refractivity contribution in [3.63, 3.8) is 0 Å². The molecular formula is C22H22N2O4. The third kappa shape index (κ3) is 4.11. The Bertz CT molecular complexity index is 1070. The maximum absolute atomic E-state index is 12.8. The van der Waals surface area contributed by atoms with Crippen molar-refractivity contribution in [3.8, 4) is 17.2 Å². The first-order valence-corrected chi connectivity index (χ1v) is 8.86. The second-order valence-corrected chi connectivity index (χ2v) is 6.56. The van der Waals surface area contributed by atoms with Gasteiger partial charge in [-0.05, 0) is 43.2 Å². The molecule has 144 valence electrons. The number of carbonyl (C=O) groups excluding carboxylic acids is 1. The van der Waals surface area contributed by atoms with Crippen LogP contribution in [-0.4, -0.2) is 22.4 Å². The van der Waals surface area contributed by atoms with Crippen LogP contribution in [0.1, 0.15) is 34.2 Å². The molecule has 0 unspecified atom stereocenters. The van der Waals surface area contributed by atoms with Crippen LogP contribution in [0.4, 0.5) is 0 Å². The highest BCUT2D eigenvalue weighted by Crippen LogP contribution is 2.19. The normalized spacial score (nSPS) is 10.6. The molecule has 0 saturated heterocycles. The highest BCUT2D eigenvalue weighted by Gasteiger charge is 2.12. The van der Waals surface area contributed by atoms with E-state index in [-0.39, 0.29) is 11.3 Å². The fourth-order valence-corrected chi connectivity index (χ4v) is 2.90. The number of hydrogen-bond acceptors (Lipinski definition) is 5. The number of methoxy groups -OCH3 is 1. The Hall–Kier alpha value is -3.41. The van der Waals surface area contributed by atoms with Crippen LogP contribution in [0, 0.1) is 13.8 Å². The monoisotopic (exact) mass is 378 g/mol. The van der Waals surface area contributed by atoms with Crippen LogP contribution in [0.2, 0.25) is 0 Å². The predicted octanol–water partition coefficient (Wildman–Crippen LogP) is 3.64. The molecule has 0 aliphatic rings. The summed E-state index contributed by atoms with van der Waals surface area (Å²) < 4.78 is 12.5. The lowest BCUT2D eigenvalue weighted by atomic mass is 10.1. The van der Waals surface area contributed by atoms with E-state index in [4.69, 9.17) is 9.47 Å². The van der Waals surface area contributed by atoms with Gasteiger partial charge in [0.2, 0.25) is 0 Å². The Morgan fingerprint density at radius 1 is 1.07 bits per heavy atom. The van der Waals surface area contributed by atoms with E-state index in [0.717, 1.165) is 16.9 Å². The smallest absolute Gasteiger partial charge is 0.259 e. The number of Topliss-reactive ketones (excluding diaryl/α,β-unsaturated/α-hetero) is 1. The molecule has 3 rings (SSSR count). The minimum absolute atomic E-state index is 0.147. The third-order valence-electron chi connectivity index (χ3n) is 4.43. The fraction of sp³-hybridized carbons (Fsp3) is 0.227. The van der Waals surface area contributed by atoms with Crippen LogP contribution in [0.3, 0.4) is 0 Å². The molecule has 1 aromatic carbocycles. The highest BCUT2D eigenvalue weighted by molar-refractivity contribution is 5.92. The molecule has 0 atom stereocenters. The lowest BCUT2D eigenvalue weighted by Crippen LogP contribution is -2.21. The van der Waals surface area contributed by atoms with Gasteiger partial charge < -0.3 is 9.47 Å². The Morgan fingerprint density at radius 3 is 2.39 bits per heavy atom. The molecule has 0 aliphatic heterocycles. The van der Waals surface area contributed by atoms with Gasteiger partial charge in [-0.25, -0.2) is 0 Å². The zero-order valence-electron chi connectivity index (χ0n) is 16.4. The molecule has 0 amide bonds. The van der Waals surface area contributed by atoms with Crippen LogP contribution in [0.5, 0.6) is 11.5 Å². The summed E-state index contributed by atoms with van der Waals surface area (Å²) in [6, 6.07) is 12.4. The molecule has 6 nitrogen and oxygen atoms in total. The number of aromatic nitrogens is 2. The highest BCUT2D eigenvalue weighted by atomic mass is 16.5. The van der Waals surface area contributed by atoms with Crippen molar-refractivity contribution >= 4 is 5.78 Å². The number of benzene rings is 1. The van der Waals surface area contributed by atoms with Crippen molar-refractivity contribution in [1.29, 1.82) is 0 Å². The zero-order valence-corrected chi connectivity index (χ0v) is 16.4. The van der Waals surface area contributed by atoms with Gasteiger partial charge in [-0.2, -0.15) is 0 Å². The topological polar surface area (TPSA) is 70.4 Å². The summed E-state index contributed by atoms with van der Waals surface area (Å²) in [6.07, 6.45) is 1.60. The van der Waals surface area contributed by atoms with Gasteiger partial charge >= 0.3 is 0 Å². The zero-order chi connectivity index (χ0) is 20.3. The molecule has 0 aliphatic carbocycles. The second kappa shape index (κ2) is 8.08. The third-order valence-corrected chi connectivity index (χ3v) is 4.43. The number of rotatable bonds is 6. The van der Waals surface area contributed by atoms with E-state index in [0.29, 0.717) is 29.4 Å². The van der Waals surface area contributed by atoms with E-state index in [1.807, 2.05) is 38.1 Å². The predicted molar refractivity (Wildman–Crippen MR) is 107 cm³/mol. The standard InChI is InChI=1S/C22H22N2O4/c1-14-12-23-20(16(3)25)11-21(14)24-15(2)9-19(10-22(24)26)28-13-17-5-7-18(27-4)8-6-17/h5-12H,13H2,1-4H3. The molecule has 2 heterocycles. The summed E-state index contributed by atoms with van der Waals surface area (Å²) >= 11 is 0. The Morgan fingerprint density at radius 2 is 1.79 bits per heavy atom. The molecule has 28 heavy (non-hydrogen) atoms. The molecule has 3 aromatic rings. The van der Waals surface area contributed by atoms with E-state index in [2.05, 4.69) is 4.98 Å². The minimum atomic E-state index is -0.228. The van der Waals surface area contributed by atoms with Gasteiger partial charge in [-0.1, -0.05) is 12.1 Å². The number of carbonyl (C=O) groups is 1. The molecule has 0 N–H and O–H groups in total. The van der Waals surface area contributed by atoms with E-state index >= 15 is 0 Å². The summed E-state index contributed by atoms with van der Waals surface area (Å²) in [5, 5.41) is 0. The maximum Gasteiger partial charge on any atom is 0.259 e. The number of aryl methyl sites for hydroxylation is 2. The fourth-order valence-electron chi connectivity index (χ4n) is 2.90. The molecule has 2 aromatic heterocycles. The van der Waals surface area contributed by atoms with Crippen molar-refractivity contribution < 1.29 is 14.3 Å². The van der Waals surface area contributed by atoms with Gasteiger partial charge in [-0.3, -0.25) is 19.1 Å². The molecule has 0 fully saturated rings. The first-order chi connectivity index (χ1) is 13.4. The number of hydrogen-bond donors (Lipinski definition) is 0. The van der Waals surface area contributed by atoms with Gasteiger partial charge in [-0.15, -0.1) is 0 Å². The van der Waals surface area contributed by atoms with Crippen molar-refractivity contribution in [2.45, 2.75) is 27.4 Å². The van der Waals surface area contributed by atoms with Gasteiger partial charge in [0.1, 0.15) is 23.8 Å². The van der Waals surface area contributed by atoms with Gasteiger partial charge in [0.15, 0.2) is 5.78 Å². The molecule has 0 bridgehead atoms. The first-order valence-electron chi connectivity index (χ1n) is 8.86. The first kappa shape index (κ1) is 19.4. The average molecular weight is 378 g/mol. The lowest BCUT2D eigenvalue weighted by molar-refractivity contribution is 0.101. The van der Waals surface area contributed by atoms with Crippen molar-refractivity contribution in [2.24, 2.45) is 0 Å². The summed E-state index contributed by atoms with van der Waals surface area (Å²) in [5.41, 5.74) is 3.23. The van der Waals surface area contributed by atoms with Gasteiger partial charge in [0, 0.05) is 30.9 Å². The molecule has 6 heteroatoms.